The zero-order chi connectivity index (χ0) is 27.6. The minimum Gasteiger partial charge on any atom is -0.440 e. The summed E-state index contributed by atoms with van der Waals surface area (Å²) < 4.78 is 6.52. The molecule has 0 aliphatic carbocycles. The lowest BCUT2D eigenvalue weighted by Crippen LogP contribution is -2.34. The van der Waals surface area contributed by atoms with Crippen LogP contribution in [0.1, 0.15) is 54.7 Å². The summed E-state index contributed by atoms with van der Waals surface area (Å²) in [4.78, 5) is 26.7. The molecule has 1 aliphatic heterocycles. The van der Waals surface area contributed by atoms with Gasteiger partial charge < -0.3 is 24.3 Å². The van der Waals surface area contributed by atoms with Crippen molar-refractivity contribution in [2.45, 2.75) is 33.3 Å². The van der Waals surface area contributed by atoms with Gasteiger partial charge in [0.15, 0.2) is 5.60 Å². The SMILES string of the molecule is CCN(CC)c1ccc(C2(c3ccc(N(CC)CC)cc3N(C)C)OC(=O)c3ccncc32)c(N(C)C)c1. The van der Waals surface area contributed by atoms with Gasteiger partial charge in [0.1, 0.15) is 0 Å². The van der Waals surface area contributed by atoms with Crippen LogP contribution in [0.2, 0.25) is 0 Å². The molecule has 7 nitrogen and oxygen atoms in total. The highest BCUT2D eigenvalue weighted by molar-refractivity contribution is 5.97. The smallest absolute Gasteiger partial charge is 0.340 e. The second-order valence-corrected chi connectivity index (χ2v) is 10.0. The van der Waals surface area contributed by atoms with Crippen molar-refractivity contribution in [3.63, 3.8) is 0 Å². The molecule has 0 atom stereocenters. The van der Waals surface area contributed by atoms with Crippen molar-refractivity contribution in [2.24, 2.45) is 0 Å². The number of benzene rings is 2. The van der Waals surface area contributed by atoms with E-state index >= 15 is 0 Å². The van der Waals surface area contributed by atoms with Crippen LogP contribution in [0.15, 0.2) is 54.9 Å². The van der Waals surface area contributed by atoms with E-state index in [4.69, 9.17) is 4.74 Å². The number of hydrogen-bond acceptors (Lipinski definition) is 7. The van der Waals surface area contributed by atoms with Gasteiger partial charge in [0.05, 0.1) is 5.56 Å². The summed E-state index contributed by atoms with van der Waals surface area (Å²) >= 11 is 0. The van der Waals surface area contributed by atoms with Crippen LogP contribution in [0.3, 0.4) is 0 Å². The van der Waals surface area contributed by atoms with Gasteiger partial charge in [-0.25, -0.2) is 4.79 Å². The van der Waals surface area contributed by atoms with Crippen LogP contribution in [0.25, 0.3) is 0 Å². The van der Waals surface area contributed by atoms with Crippen LogP contribution in [0, 0.1) is 0 Å². The number of carbonyl (C=O) groups is 1. The third kappa shape index (κ3) is 4.44. The number of esters is 1. The molecule has 7 heteroatoms. The Hall–Kier alpha value is -3.74. The molecule has 0 saturated carbocycles. The zero-order valence-electron chi connectivity index (χ0n) is 24.1. The Morgan fingerprint density at radius 1 is 0.711 bits per heavy atom. The van der Waals surface area contributed by atoms with Crippen LogP contribution in [0.4, 0.5) is 22.7 Å². The van der Waals surface area contributed by atoms with Crippen LogP contribution in [-0.4, -0.2) is 65.3 Å². The molecule has 0 fully saturated rings. The van der Waals surface area contributed by atoms with Crippen molar-refractivity contribution in [3.05, 3.63) is 77.1 Å². The molecule has 3 aromatic rings. The van der Waals surface area contributed by atoms with Gasteiger partial charge in [0.2, 0.25) is 0 Å². The summed E-state index contributed by atoms with van der Waals surface area (Å²) in [5.41, 5.74) is 6.26. The van der Waals surface area contributed by atoms with Crippen molar-refractivity contribution >= 4 is 28.7 Å². The van der Waals surface area contributed by atoms with Gasteiger partial charge in [-0.1, -0.05) is 12.1 Å². The maximum Gasteiger partial charge on any atom is 0.340 e. The van der Waals surface area contributed by atoms with Gasteiger partial charge in [-0.05, 0) is 58.0 Å². The topological polar surface area (TPSA) is 52.2 Å². The van der Waals surface area contributed by atoms with Crippen LogP contribution < -0.4 is 19.6 Å². The predicted molar refractivity (Wildman–Crippen MR) is 158 cm³/mol. The van der Waals surface area contributed by atoms with Gasteiger partial charge in [-0.3, -0.25) is 4.98 Å². The predicted octanol–water partition coefficient (Wildman–Crippen LogP) is 5.37. The number of ether oxygens (including phenoxy) is 1. The average molecular weight is 516 g/mol. The number of pyridine rings is 1. The fourth-order valence-corrected chi connectivity index (χ4v) is 5.59. The van der Waals surface area contributed by atoms with E-state index in [9.17, 15) is 4.79 Å². The summed E-state index contributed by atoms with van der Waals surface area (Å²) in [6.07, 6.45) is 3.44. The number of aromatic nitrogens is 1. The average Bonchev–Trinajstić information content (AvgIpc) is 3.23. The third-order valence-electron chi connectivity index (χ3n) is 7.61. The lowest BCUT2D eigenvalue weighted by atomic mass is 9.78. The minimum atomic E-state index is -1.15. The monoisotopic (exact) mass is 515 g/mol. The number of cyclic esters (lactones) is 1. The van der Waals surface area contributed by atoms with E-state index in [1.165, 1.54) is 0 Å². The molecule has 4 rings (SSSR count). The molecule has 0 saturated heterocycles. The highest BCUT2D eigenvalue weighted by atomic mass is 16.6. The van der Waals surface area contributed by atoms with E-state index in [0.29, 0.717) is 5.56 Å². The van der Waals surface area contributed by atoms with Crippen LogP contribution in [-0.2, 0) is 10.3 Å². The Morgan fingerprint density at radius 3 is 1.61 bits per heavy atom. The van der Waals surface area contributed by atoms with E-state index in [2.05, 4.69) is 88.7 Å². The summed E-state index contributed by atoms with van der Waals surface area (Å²) in [6.45, 7) is 12.3. The molecule has 0 unspecified atom stereocenters. The fraction of sp³-hybridized carbons (Fsp3) is 0.419. The Balaban J connectivity index is 2.08. The first-order valence-electron chi connectivity index (χ1n) is 13.5. The molecular formula is C31H41N5O2. The number of nitrogens with zero attached hydrogens (tertiary/aromatic N) is 5. The number of anilines is 4. The van der Waals surface area contributed by atoms with Gasteiger partial charge in [0.25, 0.3) is 0 Å². The van der Waals surface area contributed by atoms with Gasteiger partial charge in [-0.15, -0.1) is 0 Å². The van der Waals surface area contributed by atoms with E-state index in [1.807, 2.05) is 28.2 Å². The largest absolute Gasteiger partial charge is 0.440 e. The molecule has 2 heterocycles. The molecule has 0 N–H and O–H groups in total. The number of hydrogen-bond donors (Lipinski definition) is 0. The molecule has 202 valence electrons. The van der Waals surface area contributed by atoms with Gasteiger partial charge >= 0.3 is 5.97 Å². The minimum absolute atomic E-state index is 0.336. The van der Waals surface area contributed by atoms with Crippen molar-refractivity contribution in [3.8, 4) is 0 Å². The van der Waals surface area contributed by atoms with E-state index in [-0.39, 0.29) is 5.97 Å². The maximum absolute atomic E-state index is 13.4. The summed E-state index contributed by atoms with van der Waals surface area (Å²) in [5.74, 6) is -0.336. The Morgan fingerprint density at radius 2 is 1.18 bits per heavy atom. The summed E-state index contributed by atoms with van der Waals surface area (Å²) in [7, 11) is 8.15. The third-order valence-corrected chi connectivity index (χ3v) is 7.61. The molecule has 0 amide bonds. The highest BCUT2D eigenvalue weighted by Crippen LogP contribution is 2.52. The standard InChI is InChI=1S/C31H41N5O2/c1-9-35(10-2)22-13-15-25(28(19-22)33(5)6)31(27-21-32-18-17-24(27)30(37)38-31)26-16-14-23(36(11-3)12-4)20-29(26)34(7)8/h13-21H,9-12H2,1-8H3. The summed E-state index contributed by atoms with van der Waals surface area (Å²) in [5, 5.41) is 0. The van der Waals surface area contributed by atoms with Gasteiger partial charge in [-0.2, -0.15) is 0 Å². The van der Waals surface area contributed by atoms with E-state index in [0.717, 1.165) is 65.6 Å². The fourth-order valence-electron chi connectivity index (χ4n) is 5.59. The molecule has 1 aromatic heterocycles. The molecule has 2 aromatic carbocycles. The number of carbonyl (C=O) groups excluding carboxylic acids is 1. The van der Waals surface area contributed by atoms with Gasteiger partial charge in [0, 0.05) is 106 Å². The second kappa shape index (κ2) is 10.9. The number of fused-ring (bicyclic) bond motifs is 1. The Kier molecular flexibility index (Phi) is 7.86. The first-order valence-corrected chi connectivity index (χ1v) is 13.5. The highest BCUT2D eigenvalue weighted by Gasteiger charge is 2.51. The molecule has 0 spiro atoms. The maximum atomic E-state index is 13.4. The van der Waals surface area contributed by atoms with E-state index < -0.39 is 5.60 Å². The summed E-state index contributed by atoms with van der Waals surface area (Å²) in [6, 6.07) is 14.7. The lowest BCUT2D eigenvalue weighted by molar-refractivity contribution is 0.0254. The number of rotatable bonds is 10. The Bertz CT molecular complexity index is 1230. The second-order valence-electron chi connectivity index (χ2n) is 10.0. The van der Waals surface area contributed by atoms with Crippen LogP contribution >= 0.6 is 0 Å². The molecule has 0 radical (unpaired) electrons. The molecule has 0 bridgehead atoms. The van der Waals surface area contributed by atoms with Crippen LogP contribution in [0.5, 0.6) is 0 Å². The lowest BCUT2D eigenvalue weighted by Gasteiger charge is -2.37. The first kappa shape index (κ1) is 27.3. The normalized spacial score (nSPS) is 13.6. The Labute approximate surface area is 227 Å². The van der Waals surface area contributed by atoms with Crippen molar-refractivity contribution < 1.29 is 9.53 Å². The van der Waals surface area contributed by atoms with E-state index in [1.54, 1.807) is 18.5 Å². The van der Waals surface area contributed by atoms with Crippen molar-refractivity contribution in [1.82, 2.24) is 4.98 Å². The molecular weight excluding hydrogens is 474 g/mol. The quantitative estimate of drug-likeness (QED) is 0.337. The zero-order valence-corrected chi connectivity index (χ0v) is 24.1. The molecule has 38 heavy (non-hydrogen) atoms. The van der Waals surface area contributed by atoms with Crippen molar-refractivity contribution in [2.75, 3.05) is 74.0 Å². The first-order chi connectivity index (χ1) is 18.2. The van der Waals surface area contributed by atoms with Crippen molar-refractivity contribution in [1.29, 1.82) is 0 Å². The molecule has 1 aliphatic rings.